The van der Waals surface area contributed by atoms with E-state index >= 15 is 0 Å². The molecule has 2 aliphatic carbocycles. The number of aliphatic hydroxyl groups is 1. The highest BCUT2D eigenvalue weighted by molar-refractivity contribution is 14.0. The van der Waals surface area contributed by atoms with Gasteiger partial charge in [-0.25, -0.2) is 0 Å². The molecule has 0 aliphatic heterocycles. The lowest BCUT2D eigenvalue weighted by Crippen LogP contribution is -2.40. The first-order valence-corrected chi connectivity index (χ1v) is 6.49. The molecule has 0 amide bonds. The Bertz CT molecular complexity index is 260. The van der Waals surface area contributed by atoms with Crippen LogP contribution in [-0.4, -0.2) is 35.8 Å². The van der Waals surface area contributed by atoms with Gasteiger partial charge in [0.15, 0.2) is 5.96 Å². The molecule has 100 valence electrons. The largest absolute Gasteiger partial charge is 0.388 e. The molecule has 5 heteroatoms. The molecule has 0 saturated heterocycles. The maximum atomic E-state index is 10.2. The molecule has 0 aromatic carbocycles. The summed E-state index contributed by atoms with van der Waals surface area (Å²) in [5, 5.41) is 16.8. The molecule has 2 rings (SSSR count). The van der Waals surface area contributed by atoms with Crippen LogP contribution < -0.4 is 10.6 Å². The van der Waals surface area contributed by atoms with Crippen molar-refractivity contribution in [3.05, 3.63) is 0 Å². The van der Waals surface area contributed by atoms with Crippen LogP contribution in [0, 0.1) is 0 Å². The minimum absolute atomic E-state index is 0. The predicted molar refractivity (Wildman–Crippen MR) is 81.0 cm³/mol. The summed E-state index contributed by atoms with van der Waals surface area (Å²) in [5.74, 6) is 0.866. The fourth-order valence-electron chi connectivity index (χ4n) is 2.16. The van der Waals surface area contributed by atoms with Gasteiger partial charge < -0.3 is 15.7 Å². The predicted octanol–water partition coefficient (Wildman–Crippen LogP) is 1.63. The Kier molecular flexibility index (Phi) is 5.99. The molecule has 2 saturated carbocycles. The summed E-state index contributed by atoms with van der Waals surface area (Å²) >= 11 is 0. The molecule has 0 spiro atoms. The van der Waals surface area contributed by atoms with Gasteiger partial charge in [-0.15, -0.1) is 24.0 Å². The number of guanidine groups is 1. The Morgan fingerprint density at radius 2 is 2.00 bits per heavy atom. The van der Waals surface area contributed by atoms with Crippen molar-refractivity contribution in [3.63, 3.8) is 0 Å². The fourth-order valence-corrected chi connectivity index (χ4v) is 2.16. The van der Waals surface area contributed by atoms with Gasteiger partial charge in [-0.3, -0.25) is 4.99 Å². The van der Waals surface area contributed by atoms with Gasteiger partial charge in [-0.2, -0.15) is 0 Å². The SMILES string of the molecule is CCNC(=NCC1(O)CCCC1)NC1CC1.I. The summed E-state index contributed by atoms with van der Waals surface area (Å²) in [7, 11) is 0. The molecule has 0 aromatic heterocycles. The van der Waals surface area contributed by atoms with E-state index in [-0.39, 0.29) is 24.0 Å². The molecule has 3 N–H and O–H groups in total. The molecule has 2 fully saturated rings. The molecule has 17 heavy (non-hydrogen) atoms. The summed E-state index contributed by atoms with van der Waals surface area (Å²) in [5.41, 5.74) is -0.536. The highest BCUT2D eigenvalue weighted by atomic mass is 127. The third-order valence-electron chi connectivity index (χ3n) is 3.33. The molecule has 2 aliphatic rings. The molecule has 0 heterocycles. The smallest absolute Gasteiger partial charge is 0.191 e. The van der Waals surface area contributed by atoms with Crippen LogP contribution >= 0.6 is 24.0 Å². The van der Waals surface area contributed by atoms with Crippen molar-refractivity contribution in [3.8, 4) is 0 Å². The first-order chi connectivity index (χ1) is 7.72. The molecule has 0 bridgehead atoms. The van der Waals surface area contributed by atoms with E-state index in [1.54, 1.807) is 0 Å². The van der Waals surface area contributed by atoms with E-state index in [1.165, 1.54) is 12.8 Å². The maximum absolute atomic E-state index is 10.2. The van der Waals surface area contributed by atoms with Gasteiger partial charge in [-0.05, 0) is 32.6 Å². The van der Waals surface area contributed by atoms with Crippen molar-refractivity contribution in [1.29, 1.82) is 0 Å². The third-order valence-corrected chi connectivity index (χ3v) is 3.33. The zero-order chi connectivity index (χ0) is 11.4. The van der Waals surface area contributed by atoms with Crippen LogP contribution in [0.3, 0.4) is 0 Å². The monoisotopic (exact) mass is 353 g/mol. The van der Waals surface area contributed by atoms with Crippen LogP contribution in [0.2, 0.25) is 0 Å². The number of aliphatic imine (C=N–C) groups is 1. The van der Waals surface area contributed by atoms with E-state index in [2.05, 4.69) is 22.5 Å². The molecule has 0 atom stereocenters. The van der Waals surface area contributed by atoms with E-state index < -0.39 is 5.60 Å². The van der Waals surface area contributed by atoms with Crippen molar-refractivity contribution in [2.75, 3.05) is 13.1 Å². The van der Waals surface area contributed by atoms with Crippen LogP contribution in [0.4, 0.5) is 0 Å². The van der Waals surface area contributed by atoms with Crippen molar-refractivity contribution >= 4 is 29.9 Å². The van der Waals surface area contributed by atoms with Crippen LogP contribution in [0.25, 0.3) is 0 Å². The average Bonchev–Trinajstić information content (AvgIpc) is 2.97. The fraction of sp³-hybridized carbons (Fsp3) is 0.917. The zero-order valence-electron chi connectivity index (χ0n) is 10.5. The highest BCUT2D eigenvalue weighted by Crippen LogP contribution is 2.29. The van der Waals surface area contributed by atoms with Crippen LogP contribution in [0.15, 0.2) is 4.99 Å². The number of halogens is 1. The van der Waals surface area contributed by atoms with Gasteiger partial charge in [0.05, 0.1) is 12.1 Å². The average molecular weight is 353 g/mol. The third kappa shape index (κ3) is 4.99. The molecule has 0 unspecified atom stereocenters. The van der Waals surface area contributed by atoms with Crippen molar-refractivity contribution in [1.82, 2.24) is 10.6 Å². The molecular formula is C12H24IN3O. The van der Waals surface area contributed by atoms with Gasteiger partial charge in [-0.1, -0.05) is 12.8 Å². The van der Waals surface area contributed by atoms with Gasteiger partial charge in [0, 0.05) is 12.6 Å². The number of hydrogen-bond donors (Lipinski definition) is 3. The topological polar surface area (TPSA) is 56.7 Å². The second kappa shape index (κ2) is 6.78. The van der Waals surface area contributed by atoms with E-state index in [0.29, 0.717) is 12.6 Å². The lowest BCUT2D eigenvalue weighted by molar-refractivity contribution is 0.0574. The Labute approximate surface area is 121 Å². The van der Waals surface area contributed by atoms with Crippen molar-refractivity contribution in [2.24, 2.45) is 4.99 Å². The Morgan fingerprint density at radius 3 is 2.53 bits per heavy atom. The number of rotatable bonds is 4. The van der Waals surface area contributed by atoms with E-state index in [4.69, 9.17) is 0 Å². The van der Waals surface area contributed by atoms with Gasteiger partial charge in [0.2, 0.25) is 0 Å². The summed E-state index contributed by atoms with van der Waals surface area (Å²) in [6.45, 7) is 3.47. The normalized spacial score (nSPS) is 23.1. The minimum atomic E-state index is -0.536. The first-order valence-electron chi connectivity index (χ1n) is 6.49. The quantitative estimate of drug-likeness (QED) is 0.409. The molecule has 0 radical (unpaired) electrons. The minimum Gasteiger partial charge on any atom is -0.388 e. The lowest BCUT2D eigenvalue weighted by Gasteiger charge is -2.20. The summed E-state index contributed by atoms with van der Waals surface area (Å²) in [4.78, 5) is 4.49. The van der Waals surface area contributed by atoms with E-state index in [0.717, 1.165) is 38.2 Å². The first kappa shape index (κ1) is 15.0. The number of nitrogens with one attached hydrogen (secondary N) is 2. The van der Waals surface area contributed by atoms with Crippen LogP contribution in [0.5, 0.6) is 0 Å². The lowest BCUT2D eigenvalue weighted by atomic mass is 10.0. The summed E-state index contributed by atoms with van der Waals surface area (Å²) in [6.07, 6.45) is 6.57. The molecule has 4 nitrogen and oxygen atoms in total. The van der Waals surface area contributed by atoms with Crippen LogP contribution in [-0.2, 0) is 0 Å². The summed E-state index contributed by atoms with van der Waals surface area (Å²) < 4.78 is 0. The molecular weight excluding hydrogens is 329 g/mol. The maximum Gasteiger partial charge on any atom is 0.191 e. The summed E-state index contributed by atoms with van der Waals surface area (Å²) in [6, 6.07) is 0.607. The van der Waals surface area contributed by atoms with E-state index in [9.17, 15) is 5.11 Å². The second-order valence-electron chi connectivity index (χ2n) is 5.05. The Morgan fingerprint density at radius 1 is 1.35 bits per heavy atom. The standard InChI is InChI=1S/C12H23N3O.HI/c1-2-13-11(15-10-5-6-10)14-9-12(16)7-3-4-8-12;/h10,16H,2-9H2,1H3,(H2,13,14,15);1H. The van der Waals surface area contributed by atoms with Gasteiger partial charge in [0.1, 0.15) is 0 Å². The highest BCUT2D eigenvalue weighted by Gasteiger charge is 2.31. The zero-order valence-corrected chi connectivity index (χ0v) is 12.9. The van der Waals surface area contributed by atoms with Crippen molar-refractivity contribution in [2.45, 2.75) is 57.1 Å². The van der Waals surface area contributed by atoms with E-state index in [1.807, 2.05) is 0 Å². The molecule has 0 aromatic rings. The van der Waals surface area contributed by atoms with Gasteiger partial charge in [0.25, 0.3) is 0 Å². The second-order valence-corrected chi connectivity index (χ2v) is 5.05. The van der Waals surface area contributed by atoms with Gasteiger partial charge >= 0.3 is 0 Å². The van der Waals surface area contributed by atoms with Crippen LogP contribution in [0.1, 0.15) is 45.4 Å². The number of nitrogens with zero attached hydrogens (tertiary/aromatic N) is 1. The number of hydrogen-bond acceptors (Lipinski definition) is 2. The Hall–Kier alpha value is -0.0400. The van der Waals surface area contributed by atoms with Crippen molar-refractivity contribution < 1.29 is 5.11 Å². The Balaban J connectivity index is 0.00000144.